The van der Waals surface area contributed by atoms with Crippen molar-refractivity contribution in [2.75, 3.05) is 36.9 Å². The molecule has 2 N–H and O–H groups in total. The van der Waals surface area contributed by atoms with Crippen molar-refractivity contribution in [1.82, 2.24) is 9.97 Å². The summed E-state index contributed by atoms with van der Waals surface area (Å²) in [4.78, 5) is 11.0. The Balaban J connectivity index is 1.42. The van der Waals surface area contributed by atoms with Crippen LogP contribution in [0.5, 0.6) is 5.75 Å². The van der Waals surface area contributed by atoms with Gasteiger partial charge < -0.3 is 20.1 Å². The largest absolute Gasteiger partial charge is 0.486 e. The zero-order valence-electron chi connectivity index (χ0n) is 14.5. The lowest BCUT2D eigenvalue weighted by atomic mass is 10.0. The van der Waals surface area contributed by atoms with Crippen molar-refractivity contribution in [3.05, 3.63) is 41.6 Å². The van der Waals surface area contributed by atoms with Crippen molar-refractivity contribution in [1.29, 1.82) is 0 Å². The van der Waals surface area contributed by atoms with Gasteiger partial charge in [-0.1, -0.05) is 25.1 Å². The summed E-state index contributed by atoms with van der Waals surface area (Å²) in [5.41, 5.74) is 8.15. The molecule has 0 amide bonds. The van der Waals surface area contributed by atoms with E-state index in [1.54, 1.807) is 0 Å². The minimum atomic E-state index is 0.183. The average Bonchev–Trinajstić information content (AvgIpc) is 3.12. The number of rotatable bonds is 5. The SMILES string of the molecule is CCc1ccccc1OC1CN(c2cc([C@@H]3CCOC3)nc(N)n2)C1. The third-order valence-corrected chi connectivity index (χ3v) is 4.92. The molecule has 0 unspecified atom stereocenters. The quantitative estimate of drug-likeness (QED) is 0.901. The summed E-state index contributed by atoms with van der Waals surface area (Å²) in [7, 11) is 0. The molecular weight excluding hydrogens is 316 g/mol. The second-order valence-electron chi connectivity index (χ2n) is 6.68. The lowest BCUT2D eigenvalue weighted by Gasteiger charge is -2.40. The van der Waals surface area contributed by atoms with Crippen LogP contribution in [-0.4, -0.2) is 42.4 Å². The van der Waals surface area contributed by atoms with Crippen molar-refractivity contribution in [3.8, 4) is 5.75 Å². The molecule has 1 aromatic carbocycles. The molecule has 4 rings (SSSR count). The molecule has 2 aromatic rings. The van der Waals surface area contributed by atoms with Crippen LogP contribution in [0.15, 0.2) is 30.3 Å². The van der Waals surface area contributed by atoms with E-state index in [-0.39, 0.29) is 6.10 Å². The van der Waals surface area contributed by atoms with Crippen LogP contribution in [0.1, 0.15) is 30.5 Å². The minimum absolute atomic E-state index is 0.183. The number of hydrogen-bond acceptors (Lipinski definition) is 6. The Morgan fingerprint density at radius 2 is 2.12 bits per heavy atom. The van der Waals surface area contributed by atoms with E-state index >= 15 is 0 Å². The molecule has 0 radical (unpaired) electrons. The highest BCUT2D eigenvalue weighted by Crippen LogP contribution is 2.29. The first kappa shape index (κ1) is 16.1. The summed E-state index contributed by atoms with van der Waals surface area (Å²) in [5, 5.41) is 0. The van der Waals surface area contributed by atoms with Crippen LogP contribution in [-0.2, 0) is 11.2 Å². The standard InChI is InChI=1S/C19H24N4O2/c1-2-13-5-3-4-6-17(13)25-15-10-23(11-15)18-9-16(21-19(20)22-18)14-7-8-24-12-14/h3-6,9,14-15H,2,7-8,10-12H2,1H3,(H2,20,21,22)/t14-/m1/s1. The third-order valence-electron chi connectivity index (χ3n) is 4.92. The molecule has 0 saturated carbocycles. The third kappa shape index (κ3) is 3.39. The Kier molecular flexibility index (Phi) is 4.44. The van der Waals surface area contributed by atoms with Gasteiger partial charge >= 0.3 is 0 Å². The normalized spacial score (nSPS) is 20.5. The summed E-state index contributed by atoms with van der Waals surface area (Å²) in [6, 6.07) is 10.3. The topological polar surface area (TPSA) is 73.5 Å². The number of aryl methyl sites for hydroxylation is 1. The Bertz CT molecular complexity index is 740. The van der Waals surface area contributed by atoms with Gasteiger partial charge in [-0.15, -0.1) is 0 Å². The van der Waals surface area contributed by atoms with E-state index in [0.29, 0.717) is 11.9 Å². The zero-order chi connectivity index (χ0) is 17.2. The highest BCUT2D eigenvalue weighted by atomic mass is 16.5. The number of nitrogens with zero attached hydrogens (tertiary/aromatic N) is 3. The Morgan fingerprint density at radius 1 is 1.28 bits per heavy atom. The summed E-state index contributed by atoms with van der Waals surface area (Å²) in [5.74, 6) is 2.53. The van der Waals surface area contributed by atoms with Gasteiger partial charge in [0.25, 0.3) is 0 Å². The van der Waals surface area contributed by atoms with Crippen LogP contribution < -0.4 is 15.4 Å². The number of benzene rings is 1. The molecule has 25 heavy (non-hydrogen) atoms. The molecule has 0 aliphatic carbocycles. The molecule has 2 saturated heterocycles. The van der Waals surface area contributed by atoms with Gasteiger partial charge in [0, 0.05) is 18.6 Å². The van der Waals surface area contributed by atoms with Gasteiger partial charge in [0.2, 0.25) is 5.95 Å². The van der Waals surface area contributed by atoms with Gasteiger partial charge in [0.05, 0.1) is 25.4 Å². The van der Waals surface area contributed by atoms with E-state index in [4.69, 9.17) is 15.2 Å². The number of para-hydroxylation sites is 1. The van der Waals surface area contributed by atoms with Gasteiger partial charge in [0.15, 0.2) is 0 Å². The lowest BCUT2D eigenvalue weighted by molar-refractivity contribution is 0.165. The van der Waals surface area contributed by atoms with E-state index in [1.165, 1.54) is 5.56 Å². The molecule has 1 aromatic heterocycles. The maximum atomic E-state index is 6.15. The van der Waals surface area contributed by atoms with Gasteiger partial charge in [-0.05, 0) is 24.5 Å². The van der Waals surface area contributed by atoms with E-state index < -0.39 is 0 Å². The number of nitrogens with two attached hydrogens (primary N) is 1. The minimum Gasteiger partial charge on any atom is -0.486 e. The summed E-state index contributed by atoms with van der Waals surface area (Å²) in [6.07, 6.45) is 2.15. The van der Waals surface area contributed by atoms with E-state index in [0.717, 1.165) is 56.4 Å². The number of nitrogen functional groups attached to an aromatic ring is 1. The van der Waals surface area contributed by atoms with Crippen molar-refractivity contribution in [3.63, 3.8) is 0 Å². The lowest BCUT2D eigenvalue weighted by Crippen LogP contribution is -2.54. The van der Waals surface area contributed by atoms with Gasteiger partial charge in [0.1, 0.15) is 17.7 Å². The van der Waals surface area contributed by atoms with Gasteiger partial charge in [-0.25, -0.2) is 4.98 Å². The maximum Gasteiger partial charge on any atom is 0.222 e. The smallest absolute Gasteiger partial charge is 0.222 e. The van der Waals surface area contributed by atoms with Crippen LogP contribution in [0.3, 0.4) is 0 Å². The molecule has 0 spiro atoms. The molecule has 6 nitrogen and oxygen atoms in total. The Hall–Kier alpha value is -2.34. The van der Waals surface area contributed by atoms with Gasteiger partial charge in [-0.2, -0.15) is 4.98 Å². The monoisotopic (exact) mass is 340 g/mol. The van der Waals surface area contributed by atoms with Crippen LogP contribution in [0.2, 0.25) is 0 Å². The van der Waals surface area contributed by atoms with Gasteiger partial charge in [-0.3, -0.25) is 0 Å². The molecule has 3 heterocycles. The fraction of sp³-hybridized carbons (Fsp3) is 0.474. The first-order valence-electron chi connectivity index (χ1n) is 8.94. The second kappa shape index (κ2) is 6.88. The number of anilines is 2. The van der Waals surface area contributed by atoms with E-state index in [9.17, 15) is 0 Å². The van der Waals surface area contributed by atoms with E-state index in [2.05, 4.69) is 33.9 Å². The van der Waals surface area contributed by atoms with E-state index in [1.807, 2.05) is 18.2 Å². The summed E-state index contributed by atoms with van der Waals surface area (Å²) >= 11 is 0. The Morgan fingerprint density at radius 3 is 2.88 bits per heavy atom. The summed E-state index contributed by atoms with van der Waals surface area (Å²) < 4.78 is 11.6. The maximum absolute atomic E-state index is 6.15. The first-order chi connectivity index (χ1) is 12.2. The molecular formula is C19H24N4O2. The predicted octanol–water partition coefficient (Wildman–Crippen LogP) is 2.39. The van der Waals surface area contributed by atoms with Crippen LogP contribution in [0, 0.1) is 0 Å². The highest BCUT2D eigenvalue weighted by molar-refractivity contribution is 5.47. The molecule has 0 bridgehead atoms. The first-order valence-corrected chi connectivity index (χ1v) is 8.94. The summed E-state index contributed by atoms with van der Waals surface area (Å²) in [6.45, 7) is 5.28. The molecule has 2 aliphatic heterocycles. The molecule has 2 fully saturated rings. The number of aromatic nitrogens is 2. The highest BCUT2D eigenvalue weighted by Gasteiger charge is 2.31. The number of hydrogen-bond donors (Lipinski definition) is 1. The number of ether oxygens (including phenoxy) is 2. The molecule has 2 aliphatic rings. The fourth-order valence-electron chi connectivity index (χ4n) is 3.40. The van der Waals surface area contributed by atoms with Crippen molar-refractivity contribution >= 4 is 11.8 Å². The van der Waals surface area contributed by atoms with Crippen molar-refractivity contribution in [2.45, 2.75) is 31.8 Å². The van der Waals surface area contributed by atoms with Crippen molar-refractivity contribution in [2.24, 2.45) is 0 Å². The van der Waals surface area contributed by atoms with Crippen molar-refractivity contribution < 1.29 is 9.47 Å². The fourth-order valence-corrected chi connectivity index (χ4v) is 3.40. The second-order valence-corrected chi connectivity index (χ2v) is 6.68. The predicted molar refractivity (Wildman–Crippen MR) is 97.1 cm³/mol. The zero-order valence-corrected chi connectivity index (χ0v) is 14.5. The van der Waals surface area contributed by atoms with Crippen LogP contribution in [0.25, 0.3) is 0 Å². The van der Waals surface area contributed by atoms with Crippen LogP contribution in [0.4, 0.5) is 11.8 Å². The molecule has 132 valence electrons. The van der Waals surface area contributed by atoms with Crippen LogP contribution >= 0.6 is 0 Å². The molecule has 6 heteroatoms. The Labute approximate surface area is 148 Å². The average molecular weight is 340 g/mol. The molecule has 1 atom stereocenters.